The van der Waals surface area contributed by atoms with Crippen LogP contribution in [0.25, 0.3) is 0 Å². The van der Waals surface area contributed by atoms with E-state index in [1.54, 1.807) is 12.3 Å². The first-order chi connectivity index (χ1) is 8.69. The molecule has 6 nitrogen and oxygen atoms in total. The Morgan fingerprint density at radius 3 is 2.94 bits per heavy atom. The van der Waals surface area contributed by atoms with Crippen LogP contribution in [0.5, 0.6) is 5.88 Å². The number of nitrogens with two attached hydrogens (primary N) is 1. The van der Waals surface area contributed by atoms with Crippen molar-refractivity contribution in [1.82, 2.24) is 15.0 Å². The lowest BCUT2D eigenvalue weighted by Crippen LogP contribution is -2.06. The van der Waals surface area contributed by atoms with E-state index in [9.17, 15) is 0 Å². The number of hydrogen-bond acceptors (Lipinski definition) is 6. The Morgan fingerprint density at radius 1 is 1.39 bits per heavy atom. The van der Waals surface area contributed by atoms with Crippen LogP contribution in [0.4, 0.5) is 11.8 Å². The molecule has 2 heterocycles. The molecule has 2 aromatic heterocycles. The Bertz CT molecular complexity index is 544. The highest BCUT2D eigenvalue weighted by Crippen LogP contribution is 2.15. The van der Waals surface area contributed by atoms with Crippen LogP contribution in [0.3, 0.4) is 0 Å². The van der Waals surface area contributed by atoms with Crippen LogP contribution in [-0.2, 0) is 6.54 Å². The summed E-state index contributed by atoms with van der Waals surface area (Å²) in [6.45, 7) is 2.66. The van der Waals surface area contributed by atoms with E-state index >= 15 is 0 Å². The second-order valence-corrected chi connectivity index (χ2v) is 3.81. The first-order valence-electron chi connectivity index (χ1n) is 5.51. The Hall–Kier alpha value is -2.37. The summed E-state index contributed by atoms with van der Waals surface area (Å²) in [5, 5.41) is 3.17. The maximum Gasteiger partial charge on any atom is 0.225 e. The molecule has 0 fully saturated rings. The molecule has 3 N–H and O–H groups in total. The molecule has 0 radical (unpaired) electrons. The van der Waals surface area contributed by atoms with E-state index in [-0.39, 0.29) is 5.95 Å². The van der Waals surface area contributed by atoms with Gasteiger partial charge in [-0.2, -0.15) is 9.97 Å². The number of aryl methyl sites for hydroxylation is 1. The van der Waals surface area contributed by atoms with Gasteiger partial charge in [-0.05, 0) is 24.1 Å². The average Bonchev–Trinajstić information content (AvgIpc) is 2.37. The van der Waals surface area contributed by atoms with E-state index in [1.807, 2.05) is 19.2 Å². The van der Waals surface area contributed by atoms with Gasteiger partial charge in [-0.25, -0.2) is 0 Å². The minimum absolute atomic E-state index is 0.180. The van der Waals surface area contributed by atoms with Crippen molar-refractivity contribution >= 4 is 11.8 Å². The molecule has 0 atom stereocenters. The van der Waals surface area contributed by atoms with Gasteiger partial charge in [-0.15, -0.1) is 0 Å². The fourth-order valence-electron chi connectivity index (χ4n) is 1.51. The normalized spacial score (nSPS) is 10.1. The number of pyridine rings is 1. The average molecular weight is 245 g/mol. The van der Waals surface area contributed by atoms with Gasteiger partial charge in [-0.1, -0.05) is 0 Å². The van der Waals surface area contributed by atoms with E-state index in [2.05, 4.69) is 20.3 Å². The molecule has 0 bridgehead atoms. The summed E-state index contributed by atoms with van der Waals surface area (Å²) in [6, 6.07) is 3.66. The number of rotatable bonds is 4. The second-order valence-electron chi connectivity index (χ2n) is 3.81. The summed E-state index contributed by atoms with van der Waals surface area (Å²) < 4.78 is 5.03. The summed E-state index contributed by atoms with van der Waals surface area (Å²) in [5.41, 5.74) is 7.86. The van der Waals surface area contributed by atoms with Crippen molar-refractivity contribution in [2.75, 3.05) is 18.2 Å². The monoisotopic (exact) mass is 245 g/mol. The Morgan fingerprint density at radius 2 is 2.22 bits per heavy atom. The number of nitrogens with zero attached hydrogens (tertiary/aromatic N) is 3. The third-order valence-electron chi connectivity index (χ3n) is 2.54. The molecule has 18 heavy (non-hydrogen) atoms. The zero-order valence-electron chi connectivity index (χ0n) is 10.3. The SMILES string of the molecule is COc1cc(NCc2cnccc2C)nc(N)n1. The Balaban J connectivity index is 2.11. The minimum atomic E-state index is 0.180. The number of nitrogens with one attached hydrogen (secondary N) is 1. The molecule has 94 valence electrons. The second kappa shape index (κ2) is 5.31. The highest BCUT2D eigenvalue weighted by Gasteiger charge is 2.03. The third-order valence-corrected chi connectivity index (χ3v) is 2.54. The van der Waals surface area contributed by atoms with Crippen molar-refractivity contribution in [3.63, 3.8) is 0 Å². The highest BCUT2D eigenvalue weighted by molar-refractivity contribution is 5.43. The zero-order valence-corrected chi connectivity index (χ0v) is 10.3. The molecule has 2 aromatic rings. The van der Waals surface area contributed by atoms with Gasteiger partial charge in [0, 0.05) is 25.0 Å². The van der Waals surface area contributed by atoms with Crippen LogP contribution in [0.15, 0.2) is 24.5 Å². The van der Waals surface area contributed by atoms with Crippen molar-refractivity contribution in [3.8, 4) is 5.88 Å². The molecule has 6 heteroatoms. The molecular formula is C12H15N5O. The first kappa shape index (κ1) is 12.1. The number of ether oxygens (including phenoxy) is 1. The molecule has 2 rings (SSSR count). The third kappa shape index (κ3) is 2.85. The van der Waals surface area contributed by atoms with Crippen LogP contribution < -0.4 is 15.8 Å². The van der Waals surface area contributed by atoms with E-state index < -0.39 is 0 Å². The summed E-state index contributed by atoms with van der Waals surface area (Å²) in [7, 11) is 1.54. The molecule has 0 saturated carbocycles. The number of hydrogen-bond donors (Lipinski definition) is 2. The van der Waals surface area contributed by atoms with Crippen LogP contribution in [0, 0.1) is 6.92 Å². The summed E-state index contributed by atoms with van der Waals surface area (Å²) >= 11 is 0. The molecule has 0 spiro atoms. The molecule has 0 saturated heterocycles. The van der Waals surface area contributed by atoms with Crippen molar-refractivity contribution in [1.29, 1.82) is 0 Å². The molecule has 0 unspecified atom stereocenters. The largest absolute Gasteiger partial charge is 0.481 e. The minimum Gasteiger partial charge on any atom is -0.481 e. The van der Waals surface area contributed by atoms with Crippen molar-refractivity contribution in [2.45, 2.75) is 13.5 Å². The highest BCUT2D eigenvalue weighted by atomic mass is 16.5. The van der Waals surface area contributed by atoms with Gasteiger partial charge in [0.1, 0.15) is 5.82 Å². The molecule has 0 amide bonds. The number of aromatic nitrogens is 3. The fraction of sp³-hybridized carbons (Fsp3) is 0.250. The molecular weight excluding hydrogens is 230 g/mol. The van der Waals surface area contributed by atoms with Gasteiger partial charge >= 0.3 is 0 Å². The van der Waals surface area contributed by atoms with Crippen LogP contribution >= 0.6 is 0 Å². The van der Waals surface area contributed by atoms with Crippen molar-refractivity contribution < 1.29 is 4.74 Å². The Labute approximate surface area is 105 Å². The van der Waals surface area contributed by atoms with Gasteiger partial charge in [0.15, 0.2) is 0 Å². The topological polar surface area (TPSA) is 86.0 Å². The van der Waals surface area contributed by atoms with Gasteiger partial charge in [0.25, 0.3) is 0 Å². The lowest BCUT2D eigenvalue weighted by Gasteiger charge is -2.09. The zero-order chi connectivity index (χ0) is 13.0. The van der Waals surface area contributed by atoms with E-state index in [4.69, 9.17) is 10.5 Å². The fourth-order valence-corrected chi connectivity index (χ4v) is 1.51. The van der Waals surface area contributed by atoms with Gasteiger partial charge in [0.05, 0.1) is 7.11 Å². The van der Waals surface area contributed by atoms with E-state index in [0.717, 1.165) is 5.56 Å². The van der Waals surface area contributed by atoms with Crippen LogP contribution in [-0.4, -0.2) is 22.1 Å². The standard InChI is InChI=1S/C12H15N5O/c1-8-3-4-14-6-9(8)7-15-10-5-11(18-2)17-12(13)16-10/h3-6H,7H2,1-2H3,(H3,13,15,16,17). The van der Waals surface area contributed by atoms with Crippen molar-refractivity contribution in [3.05, 3.63) is 35.7 Å². The lowest BCUT2D eigenvalue weighted by atomic mass is 10.1. The van der Waals surface area contributed by atoms with Gasteiger partial charge in [-0.3, -0.25) is 4.98 Å². The lowest BCUT2D eigenvalue weighted by molar-refractivity contribution is 0.398. The smallest absolute Gasteiger partial charge is 0.225 e. The van der Waals surface area contributed by atoms with Crippen molar-refractivity contribution in [2.24, 2.45) is 0 Å². The Kier molecular flexibility index (Phi) is 3.57. The summed E-state index contributed by atoms with van der Waals surface area (Å²) in [6.07, 6.45) is 3.59. The van der Waals surface area contributed by atoms with E-state index in [0.29, 0.717) is 18.2 Å². The summed E-state index contributed by atoms with van der Waals surface area (Å²) in [4.78, 5) is 12.1. The van der Waals surface area contributed by atoms with Gasteiger partial charge in [0.2, 0.25) is 11.8 Å². The number of anilines is 2. The van der Waals surface area contributed by atoms with E-state index in [1.165, 1.54) is 12.7 Å². The summed E-state index contributed by atoms with van der Waals surface area (Å²) in [5.74, 6) is 1.25. The predicted octanol–water partition coefficient (Wildman–Crippen LogP) is 1.38. The maximum absolute atomic E-state index is 5.58. The number of methoxy groups -OCH3 is 1. The van der Waals surface area contributed by atoms with Crippen LogP contribution in [0.1, 0.15) is 11.1 Å². The molecule has 0 aliphatic carbocycles. The predicted molar refractivity (Wildman–Crippen MR) is 69.3 cm³/mol. The first-order valence-corrected chi connectivity index (χ1v) is 5.51. The maximum atomic E-state index is 5.58. The van der Waals surface area contributed by atoms with Crippen LogP contribution in [0.2, 0.25) is 0 Å². The molecule has 0 aliphatic heterocycles. The molecule has 0 aliphatic rings. The number of nitrogen functional groups attached to an aromatic ring is 1. The molecule has 0 aromatic carbocycles. The quantitative estimate of drug-likeness (QED) is 0.846. The van der Waals surface area contributed by atoms with Gasteiger partial charge < -0.3 is 15.8 Å².